The average Bonchev–Trinajstić information content (AvgIpc) is 2.90. The van der Waals surface area contributed by atoms with Crippen molar-refractivity contribution in [2.75, 3.05) is 5.32 Å². The molecule has 0 aromatic carbocycles. The van der Waals surface area contributed by atoms with E-state index in [2.05, 4.69) is 27.4 Å². The van der Waals surface area contributed by atoms with Gasteiger partial charge in [0.05, 0.1) is 5.60 Å². The standard InChI is InChI=1S/C17H21N3O/c21-17-7-10-5-11(8-17)15(12(6-10)9-17)20-14-2-4-19-16-13(14)1-3-18-16/h1-4,10-12,15,21H,5-9H2,(H2,18,19,20)/t10?,11-,12+,15+,17+. The van der Waals surface area contributed by atoms with Crippen LogP contribution in [0.5, 0.6) is 0 Å². The molecule has 4 bridgehead atoms. The molecule has 4 aliphatic carbocycles. The van der Waals surface area contributed by atoms with Gasteiger partial charge in [0.25, 0.3) is 0 Å². The van der Waals surface area contributed by atoms with Crippen LogP contribution in [0.3, 0.4) is 0 Å². The zero-order valence-corrected chi connectivity index (χ0v) is 12.0. The predicted molar refractivity (Wildman–Crippen MR) is 82.0 cm³/mol. The lowest BCUT2D eigenvalue weighted by Gasteiger charge is -2.58. The first kappa shape index (κ1) is 12.0. The third-order valence-corrected chi connectivity index (χ3v) is 6.02. The van der Waals surface area contributed by atoms with E-state index in [0.717, 1.165) is 30.8 Å². The fourth-order valence-electron chi connectivity index (χ4n) is 5.48. The number of aromatic nitrogens is 2. The normalized spacial score (nSPS) is 40.8. The number of anilines is 1. The molecule has 2 aromatic rings. The number of rotatable bonds is 2. The molecule has 110 valence electrons. The van der Waals surface area contributed by atoms with Gasteiger partial charge in [-0.05, 0) is 62.0 Å². The van der Waals surface area contributed by atoms with Gasteiger partial charge in [0.2, 0.25) is 0 Å². The van der Waals surface area contributed by atoms with E-state index in [4.69, 9.17) is 0 Å². The molecule has 4 aliphatic rings. The van der Waals surface area contributed by atoms with Crippen LogP contribution < -0.4 is 5.32 Å². The minimum atomic E-state index is -0.351. The van der Waals surface area contributed by atoms with Gasteiger partial charge in [-0.1, -0.05) is 0 Å². The molecular weight excluding hydrogens is 262 g/mol. The molecule has 2 heterocycles. The average molecular weight is 283 g/mol. The minimum absolute atomic E-state index is 0.351. The Bertz CT molecular complexity index is 678. The molecule has 21 heavy (non-hydrogen) atoms. The van der Waals surface area contributed by atoms with Crippen LogP contribution in [-0.4, -0.2) is 26.7 Å². The molecule has 4 fully saturated rings. The summed E-state index contributed by atoms with van der Waals surface area (Å²) in [6.45, 7) is 0. The van der Waals surface area contributed by atoms with Crippen LogP contribution in [0.15, 0.2) is 24.5 Å². The number of pyridine rings is 1. The second-order valence-corrected chi connectivity index (χ2v) is 7.46. The molecule has 4 nitrogen and oxygen atoms in total. The topological polar surface area (TPSA) is 60.9 Å². The monoisotopic (exact) mass is 283 g/mol. The Morgan fingerprint density at radius 2 is 2.00 bits per heavy atom. The fourth-order valence-corrected chi connectivity index (χ4v) is 5.48. The van der Waals surface area contributed by atoms with Crippen LogP contribution in [-0.2, 0) is 0 Å². The molecule has 0 radical (unpaired) electrons. The molecule has 0 amide bonds. The van der Waals surface area contributed by atoms with Crippen LogP contribution in [0, 0.1) is 17.8 Å². The van der Waals surface area contributed by atoms with Gasteiger partial charge in [-0.3, -0.25) is 0 Å². The number of aromatic amines is 1. The molecule has 3 N–H and O–H groups in total. The van der Waals surface area contributed by atoms with E-state index in [1.807, 2.05) is 12.4 Å². The van der Waals surface area contributed by atoms with E-state index in [0.29, 0.717) is 17.9 Å². The van der Waals surface area contributed by atoms with Gasteiger partial charge < -0.3 is 15.4 Å². The van der Waals surface area contributed by atoms with Gasteiger partial charge in [0.1, 0.15) is 5.65 Å². The summed E-state index contributed by atoms with van der Waals surface area (Å²) >= 11 is 0. The summed E-state index contributed by atoms with van der Waals surface area (Å²) in [7, 11) is 0. The van der Waals surface area contributed by atoms with Crippen molar-refractivity contribution in [2.45, 2.75) is 43.7 Å². The molecule has 6 rings (SSSR count). The van der Waals surface area contributed by atoms with Gasteiger partial charge in [0, 0.05) is 29.5 Å². The van der Waals surface area contributed by atoms with E-state index >= 15 is 0 Å². The zero-order valence-electron chi connectivity index (χ0n) is 12.0. The minimum Gasteiger partial charge on any atom is -0.390 e. The number of hydrogen-bond acceptors (Lipinski definition) is 3. The summed E-state index contributed by atoms with van der Waals surface area (Å²) in [6, 6.07) is 4.69. The maximum Gasteiger partial charge on any atom is 0.139 e. The largest absolute Gasteiger partial charge is 0.390 e. The van der Waals surface area contributed by atoms with Crippen molar-refractivity contribution in [1.29, 1.82) is 0 Å². The third kappa shape index (κ3) is 1.75. The lowest BCUT2D eigenvalue weighted by Crippen LogP contribution is -2.58. The summed E-state index contributed by atoms with van der Waals surface area (Å²) < 4.78 is 0. The maximum atomic E-state index is 10.7. The molecule has 4 heteroatoms. The van der Waals surface area contributed by atoms with Crippen molar-refractivity contribution in [3.8, 4) is 0 Å². The summed E-state index contributed by atoms with van der Waals surface area (Å²) in [5, 5.41) is 15.7. The Morgan fingerprint density at radius 3 is 2.76 bits per heavy atom. The van der Waals surface area contributed by atoms with Crippen molar-refractivity contribution < 1.29 is 5.11 Å². The maximum absolute atomic E-state index is 10.7. The van der Waals surface area contributed by atoms with Crippen LogP contribution >= 0.6 is 0 Å². The molecule has 0 aliphatic heterocycles. The Labute approximate surface area is 124 Å². The van der Waals surface area contributed by atoms with Crippen LogP contribution in [0.2, 0.25) is 0 Å². The first-order chi connectivity index (χ1) is 10.2. The summed E-state index contributed by atoms with van der Waals surface area (Å²) in [4.78, 5) is 7.54. The number of fused-ring (bicyclic) bond motifs is 1. The quantitative estimate of drug-likeness (QED) is 0.794. The molecule has 0 saturated heterocycles. The number of nitrogens with one attached hydrogen (secondary N) is 2. The Hall–Kier alpha value is -1.55. The van der Waals surface area contributed by atoms with Crippen LogP contribution in [0.25, 0.3) is 11.0 Å². The lowest BCUT2D eigenvalue weighted by atomic mass is 9.52. The highest BCUT2D eigenvalue weighted by atomic mass is 16.3. The fraction of sp³-hybridized carbons (Fsp3) is 0.588. The van der Waals surface area contributed by atoms with E-state index in [1.165, 1.54) is 23.9 Å². The van der Waals surface area contributed by atoms with Crippen LogP contribution in [0.1, 0.15) is 32.1 Å². The van der Waals surface area contributed by atoms with E-state index in [-0.39, 0.29) is 5.60 Å². The van der Waals surface area contributed by atoms with Crippen molar-refractivity contribution in [2.24, 2.45) is 17.8 Å². The molecule has 4 saturated carbocycles. The van der Waals surface area contributed by atoms with Crippen molar-refractivity contribution >= 4 is 16.7 Å². The first-order valence-corrected chi connectivity index (χ1v) is 8.11. The van der Waals surface area contributed by atoms with Crippen molar-refractivity contribution in [3.05, 3.63) is 24.5 Å². The van der Waals surface area contributed by atoms with Crippen molar-refractivity contribution in [1.82, 2.24) is 9.97 Å². The van der Waals surface area contributed by atoms with Gasteiger partial charge in [-0.2, -0.15) is 0 Å². The number of aliphatic hydroxyl groups is 1. The Balaban J connectivity index is 1.48. The van der Waals surface area contributed by atoms with Gasteiger partial charge >= 0.3 is 0 Å². The van der Waals surface area contributed by atoms with Gasteiger partial charge in [-0.25, -0.2) is 4.98 Å². The summed E-state index contributed by atoms with van der Waals surface area (Å²) in [5.41, 5.74) is 1.78. The molecular formula is C17H21N3O. The molecule has 5 atom stereocenters. The molecule has 1 unspecified atom stereocenters. The number of nitrogens with zero attached hydrogens (tertiary/aromatic N) is 1. The number of hydrogen-bond donors (Lipinski definition) is 3. The molecule has 2 aromatic heterocycles. The van der Waals surface area contributed by atoms with E-state index < -0.39 is 0 Å². The smallest absolute Gasteiger partial charge is 0.139 e. The van der Waals surface area contributed by atoms with Crippen LogP contribution in [0.4, 0.5) is 5.69 Å². The number of H-pyrrole nitrogens is 1. The summed E-state index contributed by atoms with van der Waals surface area (Å²) in [5.74, 6) is 2.02. The second kappa shape index (κ2) is 4.01. The molecule has 0 spiro atoms. The van der Waals surface area contributed by atoms with Gasteiger partial charge in [0.15, 0.2) is 0 Å². The predicted octanol–water partition coefficient (Wildman–Crippen LogP) is 2.91. The van der Waals surface area contributed by atoms with Crippen molar-refractivity contribution in [3.63, 3.8) is 0 Å². The highest BCUT2D eigenvalue weighted by Gasteiger charge is 2.54. The highest BCUT2D eigenvalue weighted by Crippen LogP contribution is 2.56. The van der Waals surface area contributed by atoms with E-state index in [9.17, 15) is 5.11 Å². The second-order valence-electron chi connectivity index (χ2n) is 7.46. The highest BCUT2D eigenvalue weighted by molar-refractivity contribution is 5.89. The Morgan fingerprint density at radius 1 is 1.19 bits per heavy atom. The lowest BCUT2D eigenvalue weighted by molar-refractivity contribution is -0.129. The SMILES string of the molecule is O[C@@]12CC3C[C@H](C1)[C@H](Nc1ccnc4[nH]ccc14)[C@@H](C3)C2. The zero-order chi connectivity index (χ0) is 14.0. The van der Waals surface area contributed by atoms with E-state index in [1.54, 1.807) is 0 Å². The van der Waals surface area contributed by atoms with Gasteiger partial charge in [-0.15, -0.1) is 0 Å². The summed E-state index contributed by atoms with van der Waals surface area (Å²) in [6.07, 6.45) is 9.41. The first-order valence-electron chi connectivity index (χ1n) is 8.11. The Kier molecular flexibility index (Phi) is 2.30. The third-order valence-electron chi connectivity index (χ3n) is 6.02.